The molecule has 0 spiro atoms. The first kappa shape index (κ1) is 20.3. The number of ether oxygens (including phenoxy) is 1. The number of hydrogen-bond acceptors (Lipinski definition) is 3. The van der Waals surface area contributed by atoms with Crippen LogP contribution in [0.15, 0.2) is 30.6 Å². The number of halogens is 1. The fourth-order valence-electron chi connectivity index (χ4n) is 2.86. The van der Waals surface area contributed by atoms with Crippen LogP contribution in [0, 0.1) is 5.82 Å². The molecule has 0 bridgehead atoms. The SMILES string of the molecule is CCCCCCCOc1ccc(-c2ncc(CCCCC)cn2)cc1F. The highest BCUT2D eigenvalue weighted by Gasteiger charge is 2.08. The Morgan fingerprint density at radius 3 is 2.27 bits per heavy atom. The van der Waals surface area contributed by atoms with Gasteiger partial charge in [0.2, 0.25) is 0 Å². The molecule has 0 amide bonds. The molecule has 2 aromatic rings. The fourth-order valence-corrected chi connectivity index (χ4v) is 2.86. The zero-order valence-corrected chi connectivity index (χ0v) is 16.1. The van der Waals surface area contributed by atoms with E-state index in [-0.39, 0.29) is 5.82 Å². The van der Waals surface area contributed by atoms with Gasteiger partial charge < -0.3 is 4.74 Å². The summed E-state index contributed by atoms with van der Waals surface area (Å²) in [5.41, 5.74) is 1.81. The summed E-state index contributed by atoms with van der Waals surface area (Å²) >= 11 is 0. The van der Waals surface area contributed by atoms with Crippen molar-refractivity contribution in [2.45, 2.75) is 71.6 Å². The van der Waals surface area contributed by atoms with Crippen molar-refractivity contribution in [2.75, 3.05) is 6.61 Å². The van der Waals surface area contributed by atoms with Crippen molar-refractivity contribution >= 4 is 0 Å². The molecule has 4 heteroatoms. The van der Waals surface area contributed by atoms with Crippen molar-refractivity contribution in [1.29, 1.82) is 0 Å². The molecule has 142 valence electrons. The zero-order chi connectivity index (χ0) is 18.6. The van der Waals surface area contributed by atoms with Crippen LogP contribution in [0.1, 0.15) is 70.8 Å². The lowest BCUT2D eigenvalue weighted by atomic mass is 10.1. The molecule has 1 aromatic heterocycles. The number of benzene rings is 1. The molecular weight excluding hydrogens is 327 g/mol. The van der Waals surface area contributed by atoms with E-state index in [1.807, 2.05) is 18.5 Å². The number of aromatic nitrogens is 2. The molecule has 0 saturated heterocycles. The normalized spacial score (nSPS) is 10.9. The Bertz CT molecular complexity index is 643. The standard InChI is InChI=1S/C22H31FN2O/c1-3-5-7-8-10-14-26-21-13-12-19(15-20(21)23)22-24-16-18(17-25-22)11-9-6-4-2/h12-13,15-17H,3-11,14H2,1-2H3. The molecule has 0 unspecified atom stereocenters. The number of aryl methyl sites for hydroxylation is 1. The first-order valence-corrected chi connectivity index (χ1v) is 9.98. The van der Waals surface area contributed by atoms with Crippen LogP contribution in [-0.4, -0.2) is 16.6 Å². The van der Waals surface area contributed by atoms with Crippen molar-refractivity contribution in [2.24, 2.45) is 0 Å². The van der Waals surface area contributed by atoms with Crippen molar-refractivity contribution in [3.8, 4) is 17.1 Å². The zero-order valence-electron chi connectivity index (χ0n) is 16.1. The molecule has 0 N–H and O–H groups in total. The molecule has 1 heterocycles. The Labute approximate surface area is 157 Å². The minimum Gasteiger partial charge on any atom is -0.491 e. The van der Waals surface area contributed by atoms with Crippen LogP contribution in [-0.2, 0) is 6.42 Å². The average Bonchev–Trinajstić information content (AvgIpc) is 2.66. The minimum atomic E-state index is -0.355. The van der Waals surface area contributed by atoms with Gasteiger partial charge in [-0.3, -0.25) is 0 Å². The summed E-state index contributed by atoms with van der Waals surface area (Å²) in [6, 6.07) is 4.95. The van der Waals surface area contributed by atoms with E-state index in [4.69, 9.17) is 4.74 Å². The van der Waals surface area contributed by atoms with Gasteiger partial charge in [-0.2, -0.15) is 0 Å². The van der Waals surface area contributed by atoms with Gasteiger partial charge in [-0.1, -0.05) is 52.4 Å². The number of hydrogen-bond donors (Lipinski definition) is 0. The van der Waals surface area contributed by atoms with Crippen LogP contribution in [0.2, 0.25) is 0 Å². The smallest absolute Gasteiger partial charge is 0.165 e. The molecule has 26 heavy (non-hydrogen) atoms. The summed E-state index contributed by atoms with van der Waals surface area (Å²) < 4.78 is 19.8. The van der Waals surface area contributed by atoms with Gasteiger partial charge in [-0.15, -0.1) is 0 Å². The van der Waals surface area contributed by atoms with Crippen LogP contribution in [0.5, 0.6) is 5.75 Å². The highest BCUT2D eigenvalue weighted by atomic mass is 19.1. The molecule has 0 aliphatic rings. The Hall–Kier alpha value is -1.97. The van der Waals surface area contributed by atoms with Gasteiger partial charge >= 0.3 is 0 Å². The van der Waals surface area contributed by atoms with E-state index in [0.717, 1.165) is 31.2 Å². The monoisotopic (exact) mass is 358 g/mol. The maximum atomic E-state index is 14.3. The maximum Gasteiger partial charge on any atom is 0.165 e. The van der Waals surface area contributed by atoms with E-state index in [2.05, 4.69) is 23.8 Å². The molecule has 0 aliphatic heterocycles. The van der Waals surface area contributed by atoms with Gasteiger partial charge in [0.25, 0.3) is 0 Å². The Morgan fingerprint density at radius 2 is 1.58 bits per heavy atom. The predicted octanol–water partition coefficient (Wildman–Crippen LogP) is 6.36. The summed E-state index contributed by atoms with van der Waals surface area (Å²) in [7, 11) is 0. The van der Waals surface area contributed by atoms with Gasteiger partial charge in [0.1, 0.15) is 0 Å². The molecular formula is C22H31FN2O. The third-order valence-electron chi connectivity index (χ3n) is 4.47. The van der Waals surface area contributed by atoms with Crippen molar-refractivity contribution in [1.82, 2.24) is 9.97 Å². The van der Waals surface area contributed by atoms with Crippen LogP contribution < -0.4 is 4.74 Å². The van der Waals surface area contributed by atoms with Crippen LogP contribution >= 0.6 is 0 Å². The second-order valence-electron chi connectivity index (χ2n) is 6.78. The van der Waals surface area contributed by atoms with Crippen molar-refractivity contribution < 1.29 is 9.13 Å². The third-order valence-corrected chi connectivity index (χ3v) is 4.47. The summed E-state index contributed by atoms with van der Waals surface area (Å²) in [6.07, 6.45) is 14.0. The number of rotatable bonds is 12. The lowest BCUT2D eigenvalue weighted by Crippen LogP contribution is -2.00. The molecule has 0 atom stereocenters. The Morgan fingerprint density at radius 1 is 0.885 bits per heavy atom. The molecule has 3 nitrogen and oxygen atoms in total. The molecule has 1 aromatic carbocycles. The second kappa shape index (κ2) is 11.6. The van der Waals surface area contributed by atoms with Gasteiger partial charge in [0.05, 0.1) is 6.61 Å². The Balaban J connectivity index is 1.87. The lowest BCUT2D eigenvalue weighted by Gasteiger charge is -2.09. The second-order valence-corrected chi connectivity index (χ2v) is 6.78. The first-order chi connectivity index (χ1) is 12.7. The van der Waals surface area contributed by atoms with Gasteiger partial charge in [0.15, 0.2) is 17.4 Å². The van der Waals surface area contributed by atoms with E-state index >= 15 is 0 Å². The van der Waals surface area contributed by atoms with Gasteiger partial charge in [-0.25, -0.2) is 14.4 Å². The predicted molar refractivity (Wildman–Crippen MR) is 105 cm³/mol. The highest BCUT2D eigenvalue weighted by Crippen LogP contribution is 2.24. The Kier molecular flexibility index (Phi) is 9.08. The first-order valence-electron chi connectivity index (χ1n) is 9.98. The van der Waals surface area contributed by atoms with Crippen LogP contribution in [0.25, 0.3) is 11.4 Å². The minimum absolute atomic E-state index is 0.306. The van der Waals surface area contributed by atoms with E-state index in [1.54, 1.807) is 6.07 Å². The molecule has 0 radical (unpaired) electrons. The van der Waals surface area contributed by atoms with E-state index in [0.29, 0.717) is 23.7 Å². The lowest BCUT2D eigenvalue weighted by molar-refractivity contribution is 0.290. The summed E-state index contributed by atoms with van der Waals surface area (Å²) in [4.78, 5) is 8.77. The summed E-state index contributed by atoms with van der Waals surface area (Å²) in [6.45, 7) is 4.94. The highest BCUT2D eigenvalue weighted by molar-refractivity contribution is 5.56. The quantitative estimate of drug-likeness (QED) is 0.414. The van der Waals surface area contributed by atoms with Crippen molar-refractivity contribution in [3.63, 3.8) is 0 Å². The summed E-state index contributed by atoms with van der Waals surface area (Å²) in [5.74, 6) is 0.501. The van der Waals surface area contributed by atoms with E-state index in [9.17, 15) is 4.39 Å². The van der Waals surface area contributed by atoms with E-state index in [1.165, 1.54) is 38.2 Å². The number of unbranched alkanes of at least 4 members (excludes halogenated alkanes) is 6. The topological polar surface area (TPSA) is 35.0 Å². The van der Waals surface area contributed by atoms with Gasteiger partial charge in [-0.05, 0) is 43.0 Å². The van der Waals surface area contributed by atoms with Crippen LogP contribution in [0.3, 0.4) is 0 Å². The van der Waals surface area contributed by atoms with Crippen LogP contribution in [0.4, 0.5) is 4.39 Å². The fraction of sp³-hybridized carbons (Fsp3) is 0.545. The van der Waals surface area contributed by atoms with E-state index < -0.39 is 0 Å². The molecule has 2 rings (SSSR count). The molecule has 0 saturated carbocycles. The average molecular weight is 359 g/mol. The maximum absolute atomic E-state index is 14.3. The largest absolute Gasteiger partial charge is 0.491 e. The summed E-state index contributed by atoms with van der Waals surface area (Å²) in [5, 5.41) is 0. The van der Waals surface area contributed by atoms with Gasteiger partial charge in [0, 0.05) is 18.0 Å². The molecule has 0 fully saturated rings. The van der Waals surface area contributed by atoms with Crippen molar-refractivity contribution in [3.05, 3.63) is 42.0 Å². The number of nitrogens with zero attached hydrogens (tertiary/aromatic N) is 2. The third kappa shape index (κ3) is 6.74. The molecule has 0 aliphatic carbocycles.